The number of nitrogens with zero attached hydrogens (tertiary/aromatic N) is 2. The second kappa shape index (κ2) is 8.14. The zero-order chi connectivity index (χ0) is 16.8. The molecule has 23 heavy (non-hydrogen) atoms. The summed E-state index contributed by atoms with van der Waals surface area (Å²) in [6.45, 7) is 1.93. The SMILES string of the molecule is CNC(=O)NC(=O)CSc1nnc(Nc2ccc(C)c(Cl)c2)s1. The molecule has 1 heterocycles. The van der Waals surface area contributed by atoms with Gasteiger partial charge in [-0.3, -0.25) is 10.1 Å². The van der Waals surface area contributed by atoms with E-state index in [0.29, 0.717) is 14.5 Å². The predicted molar refractivity (Wildman–Crippen MR) is 92.7 cm³/mol. The Balaban J connectivity index is 1.89. The van der Waals surface area contributed by atoms with Crippen LogP contribution in [0.15, 0.2) is 22.5 Å². The maximum Gasteiger partial charge on any atom is 0.321 e. The molecule has 122 valence electrons. The highest BCUT2D eigenvalue weighted by molar-refractivity contribution is 8.01. The number of anilines is 2. The van der Waals surface area contributed by atoms with Gasteiger partial charge in [-0.15, -0.1) is 10.2 Å². The van der Waals surface area contributed by atoms with E-state index < -0.39 is 11.9 Å². The van der Waals surface area contributed by atoms with Gasteiger partial charge in [0.2, 0.25) is 11.0 Å². The third kappa shape index (κ3) is 5.38. The number of imide groups is 1. The third-order valence-electron chi connectivity index (χ3n) is 2.64. The summed E-state index contributed by atoms with van der Waals surface area (Å²) in [6.07, 6.45) is 0. The van der Waals surface area contributed by atoms with E-state index in [1.165, 1.54) is 30.1 Å². The molecule has 3 amide bonds. The van der Waals surface area contributed by atoms with Crippen LogP contribution in [0.1, 0.15) is 5.56 Å². The Morgan fingerprint density at radius 3 is 2.83 bits per heavy atom. The standard InChI is InChI=1S/C13H14ClN5O2S2/c1-7-3-4-8(5-9(7)14)16-12-18-19-13(23-12)22-6-10(20)17-11(21)15-2/h3-5H,6H2,1-2H3,(H,16,18)(H2,15,17,20,21). The quantitative estimate of drug-likeness (QED) is 0.699. The van der Waals surface area contributed by atoms with E-state index in [9.17, 15) is 9.59 Å². The molecular formula is C13H14ClN5O2S2. The van der Waals surface area contributed by atoms with Crippen LogP contribution in [0, 0.1) is 6.92 Å². The van der Waals surface area contributed by atoms with Gasteiger partial charge >= 0.3 is 6.03 Å². The van der Waals surface area contributed by atoms with Crippen molar-refractivity contribution in [3.8, 4) is 0 Å². The molecule has 1 aromatic carbocycles. The van der Waals surface area contributed by atoms with Crippen molar-refractivity contribution >= 4 is 57.5 Å². The monoisotopic (exact) mass is 371 g/mol. The average Bonchev–Trinajstić information content (AvgIpc) is 2.96. The second-order valence-electron chi connectivity index (χ2n) is 4.38. The summed E-state index contributed by atoms with van der Waals surface area (Å²) < 4.78 is 0.623. The van der Waals surface area contributed by atoms with E-state index in [0.717, 1.165) is 11.3 Å². The third-order valence-corrected chi connectivity index (χ3v) is 5.02. The molecule has 0 aliphatic heterocycles. The number of aryl methyl sites for hydroxylation is 1. The summed E-state index contributed by atoms with van der Waals surface area (Å²) in [5.74, 6) is -0.317. The van der Waals surface area contributed by atoms with Crippen molar-refractivity contribution in [2.45, 2.75) is 11.3 Å². The summed E-state index contributed by atoms with van der Waals surface area (Å²) in [6, 6.07) is 5.07. The Labute approximate surface area is 146 Å². The Bertz CT molecular complexity index is 722. The summed E-state index contributed by atoms with van der Waals surface area (Å²) in [4.78, 5) is 22.5. The first-order valence-corrected chi connectivity index (χ1v) is 8.67. The fraction of sp³-hybridized carbons (Fsp3) is 0.231. The number of amides is 3. The van der Waals surface area contributed by atoms with Gasteiger partial charge in [0.1, 0.15) is 0 Å². The summed E-state index contributed by atoms with van der Waals surface area (Å²) in [5, 5.41) is 16.8. The van der Waals surface area contributed by atoms with Gasteiger partial charge in [-0.05, 0) is 24.6 Å². The molecule has 0 fully saturated rings. The Morgan fingerprint density at radius 2 is 2.13 bits per heavy atom. The van der Waals surface area contributed by atoms with Crippen LogP contribution >= 0.6 is 34.7 Å². The van der Waals surface area contributed by atoms with Crippen LogP contribution < -0.4 is 16.0 Å². The lowest BCUT2D eigenvalue weighted by Gasteiger charge is -2.03. The summed E-state index contributed by atoms with van der Waals surface area (Å²) >= 11 is 8.58. The molecule has 0 spiro atoms. The highest BCUT2D eigenvalue weighted by Crippen LogP contribution is 2.29. The maximum absolute atomic E-state index is 11.5. The normalized spacial score (nSPS) is 10.2. The van der Waals surface area contributed by atoms with Gasteiger partial charge in [-0.2, -0.15) is 0 Å². The number of carbonyl (C=O) groups is 2. The van der Waals surface area contributed by atoms with Crippen molar-refractivity contribution in [1.29, 1.82) is 0 Å². The number of thioether (sulfide) groups is 1. The molecule has 3 N–H and O–H groups in total. The van der Waals surface area contributed by atoms with Gasteiger partial charge in [0, 0.05) is 17.8 Å². The molecule has 7 nitrogen and oxygen atoms in total. The van der Waals surface area contributed by atoms with E-state index in [1.807, 2.05) is 25.1 Å². The van der Waals surface area contributed by atoms with Gasteiger partial charge in [0.25, 0.3) is 0 Å². The molecule has 0 bridgehead atoms. The lowest BCUT2D eigenvalue weighted by molar-refractivity contribution is -0.117. The maximum atomic E-state index is 11.5. The Hall–Kier alpha value is -1.84. The number of hydrogen-bond acceptors (Lipinski definition) is 7. The largest absolute Gasteiger partial charge is 0.341 e. The van der Waals surface area contributed by atoms with Crippen molar-refractivity contribution in [3.05, 3.63) is 28.8 Å². The zero-order valence-corrected chi connectivity index (χ0v) is 14.7. The number of aromatic nitrogens is 2. The highest BCUT2D eigenvalue weighted by atomic mass is 35.5. The first kappa shape index (κ1) is 17.5. The first-order chi connectivity index (χ1) is 11.0. The van der Waals surface area contributed by atoms with Crippen LogP contribution in [0.5, 0.6) is 0 Å². The van der Waals surface area contributed by atoms with Gasteiger partial charge in [-0.1, -0.05) is 40.8 Å². The van der Waals surface area contributed by atoms with Crippen molar-refractivity contribution in [1.82, 2.24) is 20.8 Å². The van der Waals surface area contributed by atoms with E-state index >= 15 is 0 Å². The van der Waals surface area contributed by atoms with Crippen molar-refractivity contribution in [2.24, 2.45) is 0 Å². The number of urea groups is 1. The lowest BCUT2D eigenvalue weighted by atomic mass is 10.2. The van der Waals surface area contributed by atoms with Gasteiger partial charge in [0.15, 0.2) is 4.34 Å². The van der Waals surface area contributed by atoms with Crippen LogP contribution in [-0.2, 0) is 4.79 Å². The van der Waals surface area contributed by atoms with Crippen molar-refractivity contribution in [2.75, 3.05) is 18.1 Å². The number of hydrogen-bond donors (Lipinski definition) is 3. The minimum atomic E-state index is -0.536. The minimum Gasteiger partial charge on any atom is -0.341 e. The molecule has 2 rings (SSSR count). The van der Waals surface area contributed by atoms with Crippen LogP contribution in [-0.4, -0.2) is 34.9 Å². The van der Waals surface area contributed by atoms with Gasteiger partial charge < -0.3 is 10.6 Å². The van der Waals surface area contributed by atoms with Crippen molar-refractivity contribution < 1.29 is 9.59 Å². The zero-order valence-electron chi connectivity index (χ0n) is 12.3. The molecular weight excluding hydrogens is 358 g/mol. The summed E-state index contributed by atoms with van der Waals surface area (Å²) in [5.41, 5.74) is 1.80. The van der Waals surface area contributed by atoms with E-state index in [2.05, 4.69) is 26.1 Å². The number of benzene rings is 1. The average molecular weight is 372 g/mol. The van der Waals surface area contributed by atoms with Crippen LogP contribution in [0.2, 0.25) is 5.02 Å². The molecule has 0 saturated carbocycles. The first-order valence-electron chi connectivity index (χ1n) is 6.49. The molecule has 0 aliphatic carbocycles. The number of carbonyl (C=O) groups excluding carboxylic acids is 2. The molecule has 10 heteroatoms. The van der Waals surface area contributed by atoms with Crippen molar-refractivity contribution in [3.63, 3.8) is 0 Å². The van der Waals surface area contributed by atoms with Gasteiger partial charge in [-0.25, -0.2) is 4.79 Å². The molecule has 0 saturated heterocycles. The highest BCUT2D eigenvalue weighted by Gasteiger charge is 2.10. The van der Waals surface area contributed by atoms with Crippen LogP contribution in [0.4, 0.5) is 15.6 Å². The summed E-state index contributed by atoms with van der Waals surface area (Å²) in [7, 11) is 1.44. The topological polar surface area (TPSA) is 96.0 Å². The van der Waals surface area contributed by atoms with E-state index in [4.69, 9.17) is 11.6 Å². The minimum absolute atomic E-state index is 0.0818. The fourth-order valence-electron chi connectivity index (χ4n) is 1.47. The molecule has 1 aromatic heterocycles. The van der Waals surface area contributed by atoms with E-state index in [-0.39, 0.29) is 5.75 Å². The molecule has 0 atom stereocenters. The van der Waals surface area contributed by atoms with Gasteiger partial charge in [0.05, 0.1) is 5.75 Å². The fourth-order valence-corrected chi connectivity index (χ4v) is 3.22. The molecule has 0 radical (unpaired) electrons. The molecule has 0 unspecified atom stereocenters. The molecule has 2 aromatic rings. The van der Waals surface area contributed by atoms with E-state index in [1.54, 1.807) is 0 Å². The Morgan fingerprint density at radius 1 is 1.35 bits per heavy atom. The van der Waals surface area contributed by atoms with Crippen LogP contribution in [0.25, 0.3) is 0 Å². The lowest BCUT2D eigenvalue weighted by Crippen LogP contribution is -2.38. The Kier molecular flexibility index (Phi) is 6.20. The number of rotatable bonds is 5. The second-order valence-corrected chi connectivity index (χ2v) is 6.99. The smallest absolute Gasteiger partial charge is 0.321 e. The van der Waals surface area contributed by atoms with Crippen LogP contribution in [0.3, 0.4) is 0 Å². The predicted octanol–water partition coefficient (Wildman–Crippen LogP) is 2.79. The number of halogens is 1. The molecule has 0 aliphatic rings. The number of nitrogens with one attached hydrogen (secondary N) is 3.